The summed E-state index contributed by atoms with van der Waals surface area (Å²) in [6.07, 6.45) is 1.65. The molecule has 4 heteroatoms. The number of hydrogen-bond donors (Lipinski definition) is 2. The van der Waals surface area contributed by atoms with Crippen LogP contribution in [0.15, 0.2) is 34.8 Å². The van der Waals surface area contributed by atoms with Gasteiger partial charge in [0.05, 0.1) is 6.10 Å². The van der Waals surface area contributed by atoms with Crippen LogP contribution >= 0.6 is 15.9 Å². The molecule has 1 saturated heterocycles. The van der Waals surface area contributed by atoms with Gasteiger partial charge in [-0.3, -0.25) is 4.90 Å². The van der Waals surface area contributed by atoms with Crippen LogP contribution < -0.4 is 0 Å². The molecule has 0 radical (unpaired) electrons. The van der Waals surface area contributed by atoms with Gasteiger partial charge in [-0.05, 0) is 48.4 Å². The van der Waals surface area contributed by atoms with Gasteiger partial charge in [0, 0.05) is 23.1 Å². The molecule has 2 N–H and O–H groups in total. The average Bonchev–Trinajstić information content (AvgIpc) is 2.42. The maximum Gasteiger partial charge on any atom is 0.120 e. The molecule has 1 aliphatic heterocycles. The Bertz CT molecular complexity index is 629. The number of fused-ring (bicyclic) bond motifs is 1. The molecule has 0 spiro atoms. The number of phenolic OH excluding ortho intramolecular Hbond substituents is 1. The van der Waals surface area contributed by atoms with Crippen LogP contribution in [0.4, 0.5) is 0 Å². The first-order valence-corrected chi connectivity index (χ1v) is 7.73. The van der Waals surface area contributed by atoms with E-state index in [2.05, 4.69) is 26.9 Å². The standard InChI is InChI=1S/C16H18BrNO2/c17-12-4-5-14-11(8-12)3-6-16(20)15(14)10-18-7-1-2-13(19)9-18/h3-6,8,13,19-20H,1-2,7,9-10H2/t13-/m0/s1. The zero-order valence-corrected chi connectivity index (χ0v) is 12.8. The molecule has 2 aromatic carbocycles. The maximum absolute atomic E-state index is 10.2. The van der Waals surface area contributed by atoms with Gasteiger partial charge in [0.1, 0.15) is 5.75 Å². The van der Waals surface area contributed by atoms with Crippen molar-refractivity contribution in [1.29, 1.82) is 0 Å². The minimum absolute atomic E-state index is 0.241. The fraction of sp³-hybridized carbons (Fsp3) is 0.375. The highest BCUT2D eigenvalue weighted by Crippen LogP contribution is 2.30. The molecular formula is C16H18BrNO2. The zero-order chi connectivity index (χ0) is 14.1. The number of β-amino-alcohol motifs (C(OH)–C–C–N with tert-alkyl or cyclic N) is 1. The van der Waals surface area contributed by atoms with Gasteiger partial charge in [0.25, 0.3) is 0 Å². The van der Waals surface area contributed by atoms with E-state index in [9.17, 15) is 10.2 Å². The third-order valence-electron chi connectivity index (χ3n) is 3.93. The molecule has 3 rings (SSSR count). The lowest BCUT2D eigenvalue weighted by atomic mass is 10.0. The van der Waals surface area contributed by atoms with E-state index in [1.165, 1.54) is 0 Å². The Hall–Kier alpha value is -1.10. The first-order chi connectivity index (χ1) is 9.63. The van der Waals surface area contributed by atoms with Crippen molar-refractivity contribution in [2.24, 2.45) is 0 Å². The summed E-state index contributed by atoms with van der Waals surface area (Å²) >= 11 is 3.48. The third-order valence-corrected chi connectivity index (χ3v) is 4.42. The number of phenols is 1. The molecule has 20 heavy (non-hydrogen) atoms. The quantitative estimate of drug-likeness (QED) is 0.885. The van der Waals surface area contributed by atoms with Crippen LogP contribution in [0, 0.1) is 0 Å². The Morgan fingerprint density at radius 2 is 2.10 bits per heavy atom. The van der Waals surface area contributed by atoms with Crippen molar-refractivity contribution in [3.63, 3.8) is 0 Å². The lowest BCUT2D eigenvalue weighted by molar-refractivity contribution is 0.0666. The lowest BCUT2D eigenvalue weighted by Crippen LogP contribution is -2.37. The molecule has 1 fully saturated rings. The van der Waals surface area contributed by atoms with E-state index in [-0.39, 0.29) is 6.10 Å². The summed E-state index contributed by atoms with van der Waals surface area (Å²) in [5, 5.41) is 22.1. The number of aromatic hydroxyl groups is 1. The van der Waals surface area contributed by atoms with Crippen LogP contribution in [-0.4, -0.2) is 34.3 Å². The topological polar surface area (TPSA) is 43.7 Å². The van der Waals surface area contributed by atoms with Crippen molar-refractivity contribution in [2.45, 2.75) is 25.5 Å². The van der Waals surface area contributed by atoms with Crippen molar-refractivity contribution in [1.82, 2.24) is 4.90 Å². The minimum Gasteiger partial charge on any atom is -0.508 e. The predicted octanol–water partition coefficient (Wildman–Crippen LogP) is 3.26. The van der Waals surface area contributed by atoms with E-state index in [1.54, 1.807) is 6.07 Å². The molecule has 3 nitrogen and oxygen atoms in total. The molecule has 2 aromatic rings. The van der Waals surface area contributed by atoms with Crippen molar-refractivity contribution in [3.8, 4) is 5.75 Å². The zero-order valence-electron chi connectivity index (χ0n) is 11.2. The highest BCUT2D eigenvalue weighted by Gasteiger charge is 2.19. The van der Waals surface area contributed by atoms with Crippen LogP contribution in [0.2, 0.25) is 0 Å². The summed E-state index contributed by atoms with van der Waals surface area (Å²) in [5.41, 5.74) is 0.948. The highest BCUT2D eigenvalue weighted by molar-refractivity contribution is 9.10. The fourth-order valence-corrected chi connectivity index (χ4v) is 3.30. The molecule has 1 heterocycles. The van der Waals surface area contributed by atoms with Gasteiger partial charge in [-0.15, -0.1) is 0 Å². The normalized spacial score (nSPS) is 20.4. The highest BCUT2D eigenvalue weighted by atomic mass is 79.9. The second-order valence-electron chi connectivity index (χ2n) is 5.46. The Morgan fingerprint density at radius 3 is 2.90 bits per heavy atom. The van der Waals surface area contributed by atoms with E-state index >= 15 is 0 Å². The van der Waals surface area contributed by atoms with Gasteiger partial charge < -0.3 is 10.2 Å². The summed E-state index contributed by atoms with van der Waals surface area (Å²) in [7, 11) is 0. The summed E-state index contributed by atoms with van der Waals surface area (Å²) in [6, 6.07) is 9.78. The van der Waals surface area contributed by atoms with Crippen molar-refractivity contribution in [3.05, 3.63) is 40.4 Å². The third kappa shape index (κ3) is 2.82. The number of piperidine rings is 1. The number of aliphatic hydroxyl groups is 1. The predicted molar refractivity (Wildman–Crippen MR) is 83.8 cm³/mol. The number of aliphatic hydroxyl groups excluding tert-OH is 1. The first kappa shape index (κ1) is 13.9. The van der Waals surface area contributed by atoms with Crippen LogP contribution in [-0.2, 0) is 6.54 Å². The van der Waals surface area contributed by atoms with Crippen LogP contribution in [0.1, 0.15) is 18.4 Å². The Kier molecular flexibility index (Phi) is 3.96. The molecule has 1 atom stereocenters. The number of halogens is 1. The van der Waals surface area contributed by atoms with Crippen molar-refractivity contribution >= 4 is 26.7 Å². The number of rotatable bonds is 2. The molecule has 0 bridgehead atoms. The molecule has 0 saturated carbocycles. The average molecular weight is 336 g/mol. The molecule has 0 aromatic heterocycles. The van der Waals surface area contributed by atoms with E-state index in [0.29, 0.717) is 18.8 Å². The second kappa shape index (κ2) is 5.72. The molecule has 0 aliphatic carbocycles. The molecule has 0 unspecified atom stereocenters. The van der Waals surface area contributed by atoms with E-state index in [1.807, 2.05) is 18.2 Å². The van der Waals surface area contributed by atoms with Crippen molar-refractivity contribution in [2.75, 3.05) is 13.1 Å². The van der Waals surface area contributed by atoms with Gasteiger partial charge in [0.15, 0.2) is 0 Å². The molecule has 1 aliphatic rings. The van der Waals surface area contributed by atoms with E-state index < -0.39 is 0 Å². The van der Waals surface area contributed by atoms with Gasteiger partial charge in [-0.1, -0.05) is 28.1 Å². The number of benzene rings is 2. The molecular weight excluding hydrogens is 318 g/mol. The molecule has 106 valence electrons. The van der Waals surface area contributed by atoms with Gasteiger partial charge in [-0.25, -0.2) is 0 Å². The minimum atomic E-state index is -0.241. The Labute approximate surface area is 127 Å². The maximum atomic E-state index is 10.2. The van der Waals surface area contributed by atoms with Crippen LogP contribution in [0.25, 0.3) is 10.8 Å². The van der Waals surface area contributed by atoms with Crippen LogP contribution in [0.5, 0.6) is 5.75 Å². The number of nitrogens with zero attached hydrogens (tertiary/aromatic N) is 1. The van der Waals surface area contributed by atoms with Gasteiger partial charge in [-0.2, -0.15) is 0 Å². The monoisotopic (exact) mass is 335 g/mol. The SMILES string of the molecule is Oc1ccc2cc(Br)ccc2c1CN1CCC[C@H](O)C1. The van der Waals surface area contributed by atoms with Gasteiger partial charge in [0.2, 0.25) is 0 Å². The lowest BCUT2D eigenvalue weighted by Gasteiger charge is -2.30. The largest absolute Gasteiger partial charge is 0.508 e. The second-order valence-corrected chi connectivity index (χ2v) is 6.38. The molecule has 0 amide bonds. The fourth-order valence-electron chi connectivity index (χ4n) is 2.92. The summed E-state index contributed by atoms with van der Waals surface area (Å²) in [4.78, 5) is 2.21. The Morgan fingerprint density at radius 1 is 1.25 bits per heavy atom. The summed E-state index contributed by atoms with van der Waals surface area (Å²) < 4.78 is 1.04. The first-order valence-electron chi connectivity index (χ1n) is 6.94. The van der Waals surface area contributed by atoms with Crippen molar-refractivity contribution < 1.29 is 10.2 Å². The number of likely N-dealkylation sites (tertiary alicyclic amines) is 1. The Balaban J connectivity index is 1.95. The summed E-state index contributed by atoms with van der Waals surface area (Å²) in [5.74, 6) is 0.333. The van der Waals surface area contributed by atoms with Gasteiger partial charge >= 0.3 is 0 Å². The summed E-state index contributed by atoms with van der Waals surface area (Å²) in [6.45, 7) is 2.34. The number of hydrogen-bond acceptors (Lipinski definition) is 3. The van der Waals surface area contributed by atoms with Crippen LogP contribution in [0.3, 0.4) is 0 Å². The van der Waals surface area contributed by atoms with E-state index in [0.717, 1.165) is 40.2 Å². The van der Waals surface area contributed by atoms with E-state index in [4.69, 9.17) is 0 Å². The smallest absolute Gasteiger partial charge is 0.120 e.